The van der Waals surface area contributed by atoms with Gasteiger partial charge in [-0.1, -0.05) is 6.07 Å². The molecule has 1 saturated heterocycles. The molecule has 0 saturated carbocycles. The second-order valence-corrected chi connectivity index (χ2v) is 9.39. The van der Waals surface area contributed by atoms with E-state index in [0.717, 1.165) is 17.0 Å². The van der Waals surface area contributed by atoms with Gasteiger partial charge in [0.2, 0.25) is 5.95 Å². The van der Waals surface area contributed by atoms with Gasteiger partial charge >= 0.3 is 0 Å². The van der Waals surface area contributed by atoms with Gasteiger partial charge in [-0.15, -0.1) is 0 Å². The number of pyridine rings is 1. The summed E-state index contributed by atoms with van der Waals surface area (Å²) < 4.78 is 33.0. The fraction of sp³-hybridized carbons (Fsp3) is 0.350. The van der Waals surface area contributed by atoms with E-state index in [0.29, 0.717) is 43.6 Å². The highest BCUT2D eigenvalue weighted by molar-refractivity contribution is 7.86. The summed E-state index contributed by atoms with van der Waals surface area (Å²) in [4.78, 5) is 15.9. The third kappa shape index (κ3) is 3.93. The van der Waals surface area contributed by atoms with E-state index < -0.39 is 10.2 Å². The van der Waals surface area contributed by atoms with Crippen LogP contribution < -0.4 is 4.90 Å². The maximum Gasteiger partial charge on any atom is 0.281 e. The molecule has 0 radical (unpaired) electrons. The van der Waals surface area contributed by atoms with Crippen LogP contribution in [-0.2, 0) is 10.2 Å². The first kappa shape index (κ1) is 20.5. The molecule has 0 spiro atoms. The Morgan fingerprint density at radius 3 is 2.43 bits per heavy atom. The number of anilines is 1. The zero-order valence-electron chi connectivity index (χ0n) is 17.2. The lowest BCUT2D eigenvalue weighted by molar-refractivity contribution is 0.354. The van der Waals surface area contributed by atoms with Crippen molar-refractivity contribution >= 4 is 16.2 Å². The number of nitrogens with zero attached hydrogens (tertiary/aromatic N) is 6. The van der Waals surface area contributed by atoms with Crippen LogP contribution in [0.15, 0.2) is 47.2 Å². The predicted octanol–water partition coefficient (Wildman–Crippen LogP) is 2.04. The van der Waals surface area contributed by atoms with E-state index in [1.54, 1.807) is 26.6 Å². The minimum absolute atomic E-state index is 0.376. The van der Waals surface area contributed by atoms with Crippen molar-refractivity contribution in [3.05, 3.63) is 48.5 Å². The lowest BCUT2D eigenvalue weighted by Crippen LogP contribution is -2.52. The monoisotopic (exact) mass is 428 g/mol. The zero-order valence-corrected chi connectivity index (χ0v) is 18.0. The molecular formula is C20H24N6O3S. The van der Waals surface area contributed by atoms with Gasteiger partial charge in [0, 0.05) is 57.7 Å². The molecule has 0 aliphatic carbocycles. The Hall–Kier alpha value is -2.82. The van der Waals surface area contributed by atoms with Crippen molar-refractivity contribution in [2.75, 3.05) is 45.2 Å². The molecule has 9 nitrogen and oxygen atoms in total. The van der Waals surface area contributed by atoms with Gasteiger partial charge in [-0.2, -0.15) is 17.0 Å². The summed E-state index contributed by atoms with van der Waals surface area (Å²) in [6.07, 6.45) is 3.36. The zero-order chi connectivity index (χ0) is 21.3. The first-order valence-electron chi connectivity index (χ1n) is 9.64. The quantitative estimate of drug-likeness (QED) is 0.614. The Bertz CT molecular complexity index is 1120. The van der Waals surface area contributed by atoms with E-state index in [2.05, 4.69) is 9.97 Å². The molecule has 1 fully saturated rings. The molecule has 0 aromatic carbocycles. The summed E-state index contributed by atoms with van der Waals surface area (Å²) in [7, 11) is -0.340. The Labute approximate surface area is 176 Å². The van der Waals surface area contributed by atoms with Crippen LogP contribution >= 0.6 is 0 Å². The SMILES string of the molecule is Cc1cccc(-c2cnc(N3CCN(S(=O)(=O)N(C)C)CC3)nc2-c2ccco2)n1. The number of aromatic nitrogens is 3. The van der Waals surface area contributed by atoms with Crippen LogP contribution in [0.4, 0.5) is 5.95 Å². The minimum Gasteiger partial charge on any atom is -0.463 e. The molecule has 4 rings (SSSR count). The maximum atomic E-state index is 12.3. The predicted molar refractivity (Wildman–Crippen MR) is 114 cm³/mol. The summed E-state index contributed by atoms with van der Waals surface area (Å²) in [6.45, 7) is 3.70. The van der Waals surface area contributed by atoms with Crippen molar-refractivity contribution in [1.29, 1.82) is 0 Å². The summed E-state index contributed by atoms with van der Waals surface area (Å²) in [5, 5.41) is 0. The van der Waals surface area contributed by atoms with E-state index >= 15 is 0 Å². The first-order valence-corrected chi connectivity index (χ1v) is 11.0. The number of piperazine rings is 1. The number of aryl methyl sites for hydroxylation is 1. The van der Waals surface area contributed by atoms with E-state index in [9.17, 15) is 8.42 Å². The van der Waals surface area contributed by atoms with Gasteiger partial charge in [0.25, 0.3) is 10.2 Å². The Morgan fingerprint density at radius 2 is 1.80 bits per heavy atom. The molecule has 4 heterocycles. The van der Waals surface area contributed by atoms with Gasteiger partial charge in [0.1, 0.15) is 5.69 Å². The Balaban J connectivity index is 1.64. The maximum absolute atomic E-state index is 12.3. The van der Waals surface area contributed by atoms with E-state index in [4.69, 9.17) is 9.40 Å². The van der Waals surface area contributed by atoms with Crippen LogP contribution in [0, 0.1) is 6.92 Å². The van der Waals surface area contributed by atoms with Crippen LogP contribution in [0.5, 0.6) is 0 Å². The highest BCUT2D eigenvalue weighted by Gasteiger charge is 2.29. The highest BCUT2D eigenvalue weighted by atomic mass is 32.2. The molecule has 1 aliphatic rings. The molecule has 0 atom stereocenters. The Kier molecular flexibility index (Phi) is 5.54. The number of furan rings is 1. The summed E-state index contributed by atoms with van der Waals surface area (Å²) in [5.74, 6) is 1.17. The summed E-state index contributed by atoms with van der Waals surface area (Å²) >= 11 is 0. The number of hydrogen-bond acceptors (Lipinski definition) is 7. The molecule has 0 bridgehead atoms. The summed E-state index contributed by atoms with van der Waals surface area (Å²) in [5.41, 5.74) is 3.12. The minimum atomic E-state index is -3.42. The van der Waals surface area contributed by atoms with E-state index in [1.807, 2.05) is 42.2 Å². The molecule has 1 aliphatic heterocycles. The van der Waals surface area contributed by atoms with Gasteiger partial charge < -0.3 is 9.32 Å². The van der Waals surface area contributed by atoms with Gasteiger partial charge in [-0.25, -0.2) is 9.97 Å². The first-order chi connectivity index (χ1) is 14.4. The summed E-state index contributed by atoms with van der Waals surface area (Å²) in [6, 6.07) is 9.47. The molecule has 3 aromatic heterocycles. The van der Waals surface area contributed by atoms with Crippen LogP contribution in [0.2, 0.25) is 0 Å². The largest absolute Gasteiger partial charge is 0.463 e. The Morgan fingerprint density at radius 1 is 1.03 bits per heavy atom. The van der Waals surface area contributed by atoms with Crippen LogP contribution in [0.3, 0.4) is 0 Å². The number of hydrogen-bond donors (Lipinski definition) is 0. The highest BCUT2D eigenvalue weighted by Crippen LogP contribution is 2.31. The average Bonchev–Trinajstić information content (AvgIpc) is 3.28. The van der Waals surface area contributed by atoms with Crippen LogP contribution in [-0.4, -0.2) is 72.3 Å². The smallest absolute Gasteiger partial charge is 0.281 e. The van der Waals surface area contributed by atoms with Crippen molar-refractivity contribution < 1.29 is 12.8 Å². The van der Waals surface area contributed by atoms with Crippen molar-refractivity contribution in [3.8, 4) is 22.7 Å². The van der Waals surface area contributed by atoms with Gasteiger partial charge in [0.15, 0.2) is 5.76 Å². The molecular weight excluding hydrogens is 404 g/mol. The molecule has 30 heavy (non-hydrogen) atoms. The van der Waals surface area contributed by atoms with E-state index in [1.165, 1.54) is 8.61 Å². The third-order valence-corrected chi connectivity index (χ3v) is 6.94. The fourth-order valence-corrected chi connectivity index (χ4v) is 4.44. The lowest BCUT2D eigenvalue weighted by Gasteiger charge is -2.35. The second-order valence-electron chi connectivity index (χ2n) is 7.25. The van der Waals surface area contributed by atoms with Crippen LogP contribution in [0.25, 0.3) is 22.7 Å². The van der Waals surface area contributed by atoms with Crippen molar-refractivity contribution in [2.24, 2.45) is 0 Å². The van der Waals surface area contributed by atoms with Gasteiger partial charge in [-0.3, -0.25) is 4.98 Å². The molecule has 0 N–H and O–H groups in total. The van der Waals surface area contributed by atoms with Gasteiger partial charge in [0.05, 0.1) is 12.0 Å². The topological polar surface area (TPSA) is 95.7 Å². The van der Waals surface area contributed by atoms with Crippen molar-refractivity contribution in [2.45, 2.75) is 6.92 Å². The molecule has 0 unspecified atom stereocenters. The lowest BCUT2D eigenvalue weighted by atomic mass is 10.1. The van der Waals surface area contributed by atoms with Crippen LogP contribution in [0.1, 0.15) is 5.69 Å². The molecule has 10 heteroatoms. The van der Waals surface area contributed by atoms with Gasteiger partial charge in [-0.05, 0) is 31.2 Å². The average molecular weight is 429 g/mol. The molecule has 158 valence electrons. The standard InChI is InChI=1S/C20H24N6O3S/c1-15-6-4-7-17(22-15)16-14-21-20(23-19(16)18-8-5-13-29-18)25-9-11-26(12-10-25)30(27,28)24(2)3/h4-8,13-14H,9-12H2,1-3H3. The third-order valence-electron chi connectivity index (χ3n) is 5.00. The molecule has 3 aromatic rings. The normalized spacial score (nSPS) is 15.7. The van der Waals surface area contributed by atoms with Crippen molar-refractivity contribution in [1.82, 2.24) is 23.6 Å². The van der Waals surface area contributed by atoms with Crippen molar-refractivity contribution in [3.63, 3.8) is 0 Å². The number of rotatable bonds is 5. The van der Waals surface area contributed by atoms with E-state index in [-0.39, 0.29) is 0 Å². The molecule has 0 amide bonds. The fourth-order valence-electron chi connectivity index (χ4n) is 3.36. The second kappa shape index (κ2) is 8.13.